The number of para-hydroxylation sites is 2. The Morgan fingerprint density at radius 2 is 2.00 bits per heavy atom. The second-order valence-electron chi connectivity index (χ2n) is 4.81. The van der Waals surface area contributed by atoms with Gasteiger partial charge in [-0.15, -0.1) is 11.3 Å². The molecule has 0 N–H and O–H groups in total. The van der Waals surface area contributed by atoms with Crippen LogP contribution in [0, 0.1) is 6.92 Å². The van der Waals surface area contributed by atoms with Gasteiger partial charge in [0.25, 0.3) is 0 Å². The first-order chi connectivity index (χ1) is 10.6. The van der Waals surface area contributed by atoms with E-state index in [9.17, 15) is 9.59 Å². The van der Waals surface area contributed by atoms with Gasteiger partial charge in [0.1, 0.15) is 6.61 Å². The summed E-state index contributed by atoms with van der Waals surface area (Å²) in [5, 5.41) is 0. The molecule has 5 nitrogen and oxygen atoms in total. The lowest BCUT2D eigenvalue weighted by Crippen LogP contribution is -2.38. The van der Waals surface area contributed by atoms with Crippen LogP contribution < -0.4 is 9.47 Å². The summed E-state index contributed by atoms with van der Waals surface area (Å²) in [6.07, 6.45) is -0.854. The van der Waals surface area contributed by atoms with E-state index in [1.54, 1.807) is 24.3 Å². The molecule has 2 heterocycles. The van der Waals surface area contributed by atoms with Gasteiger partial charge in [-0.05, 0) is 31.2 Å². The molecular weight excluding hydrogens is 304 g/mol. The molecule has 0 radical (unpaired) electrons. The van der Waals surface area contributed by atoms with Crippen LogP contribution in [0.2, 0.25) is 0 Å². The summed E-state index contributed by atoms with van der Waals surface area (Å²) in [6.45, 7) is 1.69. The third kappa shape index (κ3) is 3.12. The van der Waals surface area contributed by atoms with Gasteiger partial charge in [-0.2, -0.15) is 0 Å². The smallest absolute Gasteiger partial charge is 0.351 e. The average Bonchev–Trinajstić information content (AvgIpc) is 2.98. The van der Waals surface area contributed by atoms with Crippen LogP contribution in [-0.2, 0) is 9.53 Å². The quantitative estimate of drug-likeness (QED) is 0.640. The number of ketones is 1. The van der Waals surface area contributed by atoms with E-state index in [2.05, 4.69) is 0 Å². The molecule has 114 valence electrons. The molecule has 0 saturated heterocycles. The molecule has 1 aliphatic heterocycles. The van der Waals surface area contributed by atoms with Crippen LogP contribution in [-0.4, -0.2) is 31.1 Å². The molecule has 0 spiro atoms. The van der Waals surface area contributed by atoms with E-state index in [0.29, 0.717) is 16.4 Å². The molecule has 22 heavy (non-hydrogen) atoms. The first-order valence-electron chi connectivity index (χ1n) is 6.78. The molecule has 1 atom stereocenters. The fraction of sp³-hybridized carbons (Fsp3) is 0.250. The highest BCUT2D eigenvalue weighted by atomic mass is 32.1. The summed E-state index contributed by atoms with van der Waals surface area (Å²) in [4.78, 5) is 25.5. The lowest BCUT2D eigenvalue weighted by atomic mass is 10.2. The molecule has 0 saturated carbocycles. The summed E-state index contributed by atoms with van der Waals surface area (Å²) in [6, 6.07) is 10.7. The number of hydrogen-bond acceptors (Lipinski definition) is 6. The molecular formula is C16H14O5S. The van der Waals surface area contributed by atoms with Gasteiger partial charge >= 0.3 is 5.97 Å². The number of rotatable bonds is 4. The van der Waals surface area contributed by atoms with E-state index in [1.165, 1.54) is 11.3 Å². The maximum absolute atomic E-state index is 12.0. The number of hydrogen-bond donors (Lipinski definition) is 0. The Hall–Kier alpha value is -2.34. The standard InChI is InChI=1S/C16H14O5S/c1-10-6-7-15(22-10)11(17)8-20-16(18)14-9-19-12-4-2-3-5-13(12)21-14/h2-7,14H,8-9H2,1H3/t14-/m0/s1. The number of esters is 1. The first-order valence-corrected chi connectivity index (χ1v) is 7.60. The number of carbonyl (C=O) groups is 2. The summed E-state index contributed by atoms with van der Waals surface area (Å²) in [7, 11) is 0. The summed E-state index contributed by atoms with van der Waals surface area (Å²) in [5.41, 5.74) is 0. The van der Waals surface area contributed by atoms with Crippen molar-refractivity contribution in [1.82, 2.24) is 0 Å². The van der Waals surface area contributed by atoms with Crippen molar-refractivity contribution in [2.75, 3.05) is 13.2 Å². The first kappa shape index (κ1) is 14.6. The number of ether oxygens (including phenoxy) is 3. The Balaban J connectivity index is 1.56. The molecule has 3 rings (SSSR count). The molecule has 1 aliphatic rings. The Bertz CT molecular complexity index is 706. The van der Waals surface area contributed by atoms with Crippen molar-refractivity contribution in [1.29, 1.82) is 0 Å². The maximum Gasteiger partial charge on any atom is 0.351 e. The molecule has 0 bridgehead atoms. The predicted octanol–water partition coefficient (Wildman–Crippen LogP) is 2.62. The highest BCUT2D eigenvalue weighted by molar-refractivity contribution is 7.14. The number of aryl methyl sites for hydroxylation is 1. The molecule has 0 unspecified atom stereocenters. The fourth-order valence-electron chi connectivity index (χ4n) is 2.02. The van der Waals surface area contributed by atoms with E-state index in [-0.39, 0.29) is 19.0 Å². The highest BCUT2D eigenvalue weighted by Crippen LogP contribution is 2.31. The normalized spacial score (nSPS) is 16.1. The molecule has 0 aliphatic carbocycles. The van der Waals surface area contributed by atoms with Crippen LogP contribution in [0.25, 0.3) is 0 Å². The van der Waals surface area contributed by atoms with E-state index in [1.807, 2.05) is 19.1 Å². The van der Waals surface area contributed by atoms with Crippen LogP contribution in [0.15, 0.2) is 36.4 Å². The van der Waals surface area contributed by atoms with Crippen molar-refractivity contribution in [3.05, 3.63) is 46.2 Å². The van der Waals surface area contributed by atoms with Crippen molar-refractivity contribution in [3.8, 4) is 11.5 Å². The SMILES string of the molecule is Cc1ccc(C(=O)COC(=O)[C@@H]2COc3ccccc3O2)s1. The second kappa shape index (κ2) is 6.19. The zero-order chi connectivity index (χ0) is 15.5. The van der Waals surface area contributed by atoms with Crippen molar-refractivity contribution in [2.45, 2.75) is 13.0 Å². The molecule has 1 aromatic heterocycles. The van der Waals surface area contributed by atoms with E-state index >= 15 is 0 Å². The summed E-state index contributed by atoms with van der Waals surface area (Å²) >= 11 is 1.38. The molecule has 0 fully saturated rings. The minimum Gasteiger partial charge on any atom is -0.485 e. The number of Topliss-reactive ketones (excluding diaryl/α,β-unsaturated/α-hetero) is 1. The fourth-order valence-corrected chi connectivity index (χ4v) is 2.81. The largest absolute Gasteiger partial charge is 0.485 e. The van der Waals surface area contributed by atoms with Gasteiger partial charge in [0.05, 0.1) is 4.88 Å². The van der Waals surface area contributed by atoms with Gasteiger partial charge < -0.3 is 14.2 Å². The third-order valence-electron chi connectivity index (χ3n) is 3.13. The summed E-state index contributed by atoms with van der Waals surface area (Å²) in [5.74, 6) is 0.271. The van der Waals surface area contributed by atoms with Gasteiger partial charge in [-0.25, -0.2) is 4.79 Å². The predicted molar refractivity (Wildman–Crippen MR) is 80.7 cm³/mol. The van der Waals surface area contributed by atoms with Crippen LogP contribution >= 0.6 is 11.3 Å². The van der Waals surface area contributed by atoms with Crippen molar-refractivity contribution < 1.29 is 23.8 Å². The van der Waals surface area contributed by atoms with Crippen molar-refractivity contribution >= 4 is 23.1 Å². The number of benzene rings is 1. The van der Waals surface area contributed by atoms with Crippen molar-refractivity contribution in [3.63, 3.8) is 0 Å². The van der Waals surface area contributed by atoms with E-state index < -0.39 is 12.1 Å². The van der Waals surface area contributed by atoms with E-state index in [4.69, 9.17) is 14.2 Å². The Morgan fingerprint density at radius 1 is 1.23 bits per heavy atom. The lowest BCUT2D eigenvalue weighted by molar-refractivity contribution is -0.153. The Kier molecular flexibility index (Phi) is 4.11. The van der Waals surface area contributed by atoms with Gasteiger partial charge in [-0.3, -0.25) is 4.79 Å². The van der Waals surface area contributed by atoms with Crippen LogP contribution in [0.1, 0.15) is 14.5 Å². The van der Waals surface area contributed by atoms with Gasteiger partial charge in [0.2, 0.25) is 11.9 Å². The molecule has 0 amide bonds. The van der Waals surface area contributed by atoms with Crippen LogP contribution in [0.5, 0.6) is 11.5 Å². The Morgan fingerprint density at radius 3 is 2.73 bits per heavy atom. The monoisotopic (exact) mass is 318 g/mol. The minimum atomic E-state index is -0.854. The zero-order valence-corrected chi connectivity index (χ0v) is 12.7. The number of carbonyl (C=O) groups excluding carboxylic acids is 2. The zero-order valence-electron chi connectivity index (χ0n) is 11.9. The average molecular weight is 318 g/mol. The second-order valence-corrected chi connectivity index (χ2v) is 6.09. The van der Waals surface area contributed by atoms with Gasteiger partial charge in [0.15, 0.2) is 18.1 Å². The van der Waals surface area contributed by atoms with Crippen LogP contribution in [0.3, 0.4) is 0 Å². The highest BCUT2D eigenvalue weighted by Gasteiger charge is 2.29. The maximum atomic E-state index is 12.0. The van der Waals surface area contributed by atoms with Gasteiger partial charge in [-0.1, -0.05) is 12.1 Å². The third-order valence-corrected chi connectivity index (χ3v) is 4.17. The Labute approximate surface area is 131 Å². The van der Waals surface area contributed by atoms with E-state index in [0.717, 1.165) is 4.88 Å². The lowest BCUT2D eigenvalue weighted by Gasteiger charge is -2.24. The van der Waals surface area contributed by atoms with Crippen LogP contribution in [0.4, 0.5) is 0 Å². The topological polar surface area (TPSA) is 61.8 Å². The molecule has 2 aromatic rings. The molecule has 6 heteroatoms. The summed E-state index contributed by atoms with van der Waals surface area (Å²) < 4.78 is 16.0. The minimum absolute atomic E-state index is 0.0716. The van der Waals surface area contributed by atoms with Crippen molar-refractivity contribution in [2.24, 2.45) is 0 Å². The van der Waals surface area contributed by atoms with Gasteiger partial charge in [0, 0.05) is 4.88 Å². The number of thiophene rings is 1. The number of fused-ring (bicyclic) bond motifs is 1. The molecule has 1 aromatic carbocycles.